The van der Waals surface area contributed by atoms with Crippen LogP contribution in [0.4, 0.5) is 0 Å². The molecule has 0 atom stereocenters. The van der Waals surface area contributed by atoms with Gasteiger partial charge in [-0.3, -0.25) is 0 Å². The van der Waals surface area contributed by atoms with Crippen LogP contribution in [0.3, 0.4) is 0 Å². The maximum Gasteiger partial charge on any atom is 0.361 e. The van der Waals surface area contributed by atoms with E-state index in [1.54, 1.807) is 0 Å². The Hall–Kier alpha value is -0.136. The summed E-state index contributed by atoms with van der Waals surface area (Å²) >= 11 is 0. The first-order valence-corrected chi connectivity index (χ1v) is 13.4. The molecule has 0 amide bonds. The fraction of sp³-hybridized carbons (Fsp3) is 0.917. The zero-order valence-electron chi connectivity index (χ0n) is 12.9. The van der Waals surface area contributed by atoms with E-state index in [1.165, 1.54) is 0 Å². The van der Waals surface area contributed by atoms with Gasteiger partial charge in [0.05, 0.1) is 13.5 Å². The molecule has 102 valence electrons. The molecule has 0 fully saturated rings. The van der Waals surface area contributed by atoms with Crippen LogP contribution < -0.4 is 0 Å². The number of carbonyl (C=O) groups excluding carboxylic acids is 1. The molecule has 0 aliphatic carbocycles. The van der Waals surface area contributed by atoms with Crippen molar-refractivity contribution < 1.29 is 13.6 Å². The van der Waals surface area contributed by atoms with Gasteiger partial charge in [-0.2, -0.15) is 0 Å². The summed E-state index contributed by atoms with van der Waals surface area (Å²) in [5.74, 6) is -0.0285. The second kappa shape index (κ2) is 5.67. The maximum absolute atomic E-state index is 11.9. The van der Waals surface area contributed by atoms with Gasteiger partial charge in [0.25, 0.3) is 16.5 Å². The van der Waals surface area contributed by atoms with Crippen LogP contribution in [0.2, 0.25) is 39.3 Å². The molecule has 0 N–H and O–H groups in total. The van der Waals surface area contributed by atoms with E-state index in [4.69, 9.17) is 4.84 Å². The molecule has 0 bridgehead atoms. The first-order valence-electron chi connectivity index (χ1n) is 6.55. The molecule has 0 aliphatic rings. The molecule has 0 rings (SSSR count). The van der Waals surface area contributed by atoms with Crippen molar-refractivity contribution in [3.05, 3.63) is 0 Å². The lowest BCUT2D eigenvalue weighted by molar-refractivity contribution is -0.911. The molecule has 0 saturated heterocycles. The average Bonchev–Trinajstić information content (AvgIpc) is 2.10. The Balaban J connectivity index is 4.93. The minimum absolute atomic E-state index is 0.0285. The third-order valence-corrected chi connectivity index (χ3v) is 12.9. The standard InChI is InChI=1S/C12H30NO2Si2/c1-9-10-11-12(14)15-13(2,16(3,4)5)17(6,7)8/h9-11H2,1-8H3/q+1. The van der Waals surface area contributed by atoms with E-state index < -0.39 is 16.5 Å². The van der Waals surface area contributed by atoms with Gasteiger partial charge in [0.1, 0.15) is 0 Å². The van der Waals surface area contributed by atoms with Gasteiger partial charge in [-0.15, -0.1) is 0 Å². The first kappa shape index (κ1) is 16.9. The number of hydrogen-bond acceptors (Lipinski definition) is 2. The number of rotatable bonds is 6. The lowest BCUT2D eigenvalue weighted by atomic mass is 10.3. The second-order valence-electron chi connectivity index (χ2n) is 6.83. The van der Waals surface area contributed by atoms with Crippen molar-refractivity contribution in [1.29, 1.82) is 0 Å². The third kappa shape index (κ3) is 4.23. The zero-order valence-corrected chi connectivity index (χ0v) is 14.9. The molecule has 3 nitrogen and oxygen atoms in total. The third-order valence-electron chi connectivity index (χ3n) is 3.58. The molecule has 0 unspecified atom stereocenters. The molecule has 5 heteroatoms. The number of nitrogens with zero attached hydrogens (tertiary/aromatic N) is 1. The Kier molecular flexibility index (Phi) is 5.62. The van der Waals surface area contributed by atoms with Crippen LogP contribution in [-0.4, -0.2) is 33.5 Å². The minimum atomic E-state index is -1.59. The summed E-state index contributed by atoms with van der Waals surface area (Å²) < 4.78 is 0.572. The van der Waals surface area contributed by atoms with Gasteiger partial charge in [-0.25, -0.2) is 8.77 Å². The highest BCUT2D eigenvalue weighted by Crippen LogP contribution is 2.29. The molecule has 17 heavy (non-hydrogen) atoms. The molecular weight excluding hydrogens is 246 g/mol. The van der Waals surface area contributed by atoms with E-state index in [1.807, 2.05) is 0 Å². The first-order chi connectivity index (χ1) is 7.45. The SMILES string of the molecule is CCCCC(=O)O[N+](C)([Si](C)(C)C)[Si](C)(C)C. The fourth-order valence-corrected chi connectivity index (χ4v) is 10.7. The molecular formula is C12H30NO2Si2+. The molecule has 0 aliphatic heterocycles. The monoisotopic (exact) mass is 276 g/mol. The maximum atomic E-state index is 11.9. The highest BCUT2D eigenvalue weighted by Gasteiger charge is 2.53. The van der Waals surface area contributed by atoms with E-state index >= 15 is 0 Å². The number of carbonyl (C=O) groups is 1. The lowest BCUT2D eigenvalue weighted by Crippen LogP contribution is -2.72. The molecule has 0 spiro atoms. The predicted octanol–water partition coefficient (Wildman–Crippen LogP) is 3.75. The summed E-state index contributed by atoms with van der Waals surface area (Å²) in [5.41, 5.74) is 0. The van der Waals surface area contributed by atoms with Gasteiger partial charge < -0.3 is 4.84 Å². The van der Waals surface area contributed by atoms with Gasteiger partial charge in [0.2, 0.25) is 0 Å². The Morgan fingerprint density at radius 2 is 1.47 bits per heavy atom. The fourth-order valence-electron chi connectivity index (χ4n) is 1.85. The quantitative estimate of drug-likeness (QED) is 0.545. The van der Waals surface area contributed by atoms with Crippen LogP contribution in [0.25, 0.3) is 0 Å². The molecule has 0 aromatic heterocycles. The molecule has 0 aromatic rings. The molecule has 0 saturated carbocycles. The van der Waals surface area contributed by atoms with Crippen molar-refractivity contribution in [1.82, 2.24) is 0 Å². The Morgan fingerprint density at radius 1 is 1.06 bits per heavy atom. The summed E-state index contributed by atoms with van der Waals surface area (Å²) in [5, 5.41) is 0. The predicted molar refractivity (Wildman–Crippen MR) is 78.5 cm³/mol. The van der Waals surface area contributed by atoms with E-state index in [9.17, 15) is 4.79 Å². The van der Waals surface area contributed by atoms with Crippen molar-refractivity contribution in [2.75, 3.05) is 7.05 Å². The van der Waals surface area contributed by atoms with E-state index in [2.05, 4.69) is 53.3 Å². The number of quaternary nitrogens is 1. The highest BCUT2D eigenvalue weighted by atomic mass is 28.4. The van der Waals surface area contributed by atoms with Crippen LogP contribution in [0, 0.1) is 0 Å². The summed E-state index contributed by atoms with van der Waals surface area (Å²) in [4.78, 5) is 17.8. The van der Waals surface area contributed by atoms with Gasteiger partial charge in [0.15, 0.2) is 0 Å². The lowest BCUT2D eigenvalue weighted by Gasteiger charge is -2.49. The van der Waals surface area contributed by atoms with Crippen molar-refractivity contribution in [3.8, 4) is 0 Å². The smallest absolute Gasteiger partial charge is 0.314 e. The summed E-state index contributed by atoms with van der Waals surface area (Å²) in [6.45, 7) is 15.8. The van der Waals surface area contributed by atoms with Gasteiger partial charge in [-0.1, -0.05) is 13.3 Å². The minimum Gasteiger partial charge on any atom is -0.314 e. The Bertz CT molecular complexity index is 253. The Morgan fingerprint density at radius 3 is 1.76 bits per heavy atom. The van der Waals surface area contributed by atoms with Crippen LogP contribution in [0.15, 0.2) is 0 Å². The van der Waals surface area contributed by atoms with Crippen LogP contribution >= 0.6 is 0 Å². The van der Waals surface area contributed by atoms with Gasteiger partial charge >= 0.3 is 5.97 Å². The van der Waals surface area contributed by atoms with E-state index in [0.29, 0.717) is 10.4 Å². The summed E-state index contributed by atoms with van der Waals surface area (Å²) in [6.07, 6.45) is 2.52. The topological polar surface area (TPSA) is 26.3 Å². The van der Waals surface area contributed by atoms with Crippen molar-refractivity contribution >= 4 is 22.4 Å². The largest absolute Gasteiger partial charge is 0.361 e. The van der Waals surface area contributed by atoms with Crippen LogP contribution in [0.1, 0.15) is 26.2 Å². The molecule has 0 aromatic carbocycles. The van der Waals surface area contributed by atoms with Gasteiger partial charge in [-0.05, 0) is 45.7 Å². The average molecular weight is 277 g/mol. The molecule has 0 heterocycles. The van der Waals surface area contributed by atoms with Crippen LogP contribution in [0.5, 0.6) is 0 Å². The van der Waals surface area contributed by atoms with E-state index in [0.717, 1.165) is 12.8 Å². The van der Waals surface area contributed by atoms with Crippen molar-refractivity contribution in [2.24, 2.45) is 0 Å². The Labute approximate surface area is 109 Å². The van der Waals surface area contributed by atoms with Gasteiger partial charge in [0, 0.05) is 0 Å². The normalized spacial score (nSPS) is 13.6. The zero-order chi connectivity index (χ0) is 13.9. The van der Waals surface area contributed by atoms with Crippen molar-refractivity contribution in [3.63, 3.8) is 0 Å². The number of hydroxylamine groups is 1. The second-order valence-corrected chi connectivity index (χ2v) is 17.7. The number of hydrogen-bond donors (Lipinski definition) is 0. The van der Waals surface area contributed by atoms with Crippen molar-refractivity contribution in [2.45, 2.75) is 65.5 Å². The summed E-state index contributed by atoms with van der Waals surface area (Å²) in [7, 11) is -1.07. The molecule has 0 radical (unpaired) electrons. The highest BCUT2D eigenvalue weighted by molar-refractivity contribution is 6.81. The van der Waals surface area contributed by atoms with Crippen LogP contribution in [-0.2, 0) is 9.63 Å². The number of unbranched alkanes of at least 4 members (excludes halogenated alkanes) is 1. The van der Waals surface area contributed by atoms with E-state index in [-0.39, 0.29) is 5.97 Å². The summed E-state index contributed by atoms with van der Waals surface area (Å²) in [6, 6.07) is 0.